The molecule has 3 amide bonds. The molecule has 1 aliphatic heterocycles. The number of hydrogen-bond donors (Lipinski definition) is 2. The zero-order valence-corrected chi connectivity index (χ0v) is 17.3. The highest BCUT2D eigenvalue weighted by atomic mass is 35.5. The van der Waals surface area contributed by atoms with E-state index in [-0.39, 0.29) is 24.1 Å². The van der Waals surface area contributed by atoms with Gasteiger partial charge < -0.3 is 15.5 Å². The quantitative estimate of drug-likeness (QED) is 0.618. The first-order valence-corrected chi connectivity index (χ1v) is 10.2. The summed E-state index contributed by atoms with van der Waals surface area (Å²) in [5.41, 5.74) is 2.08. The number of carbonyl (C=O) groups excluding carboxylic acids is 3. The third-order valence-electron chi connectivity index (χ3n) is 5.10. The van der Waals surface area contributed by atoms with E-state index in [0.29, 0.717) is 28.5 Å². The monoisotopic (exact) mass is 433 g/mol. The molecule has 0 spiro atoms. The Morgan fingerprint density at radius 3 is 2.29 bits per heavy atom. The minimum absolute atomic E-state index is 0.0971. The normalized spacial score (nSPS) is 15.6. The number of para-hydroxylation sites is 2. The van der Waals surface area contributed by atoms with Crippen LogP contribution in [0.2, 0.25) is 5.02 Å². The van der Waals surface area contributed by atoms with Gasteiger partial charge in [-0.1, -0.05) is 41.9 Å². The SMILES string of the molecule is O=C(Nc1ccc(Cl)cc1)c1ccccc1NC(=O)[C@@H]1CC(=O)N(c2ccccc2)C1. The second-order valence-electron chi connectivity index (χ2n) is 7.24. The molecular formula is C24H20ClN3O3. The minimum atomic E-state index is -0.500. The molecule has 0 radical (unpaired) electrons. The van der Waals surface area contributed by atoms with Gasteiger partial charge >= 0.3 is 0 Å². The Hall–Kier alpha value is -3.64. The van der Waals surface area contributed by atoms with Crippen molar-refractivity contribution < 1.29 is 14.4 Å². The second-order valence-corrected chi connectivity index (χ2v) is 7.67. The first-order valence-electron chi connectivity index (χ1n) is 9.83. The number of carbonyl (C=O) groups is 3. The van der Waals surface area contributed by atoms with Gasteiger partial charge in [0.05, 0.1) is 17.2 Å². The maximum absolute atomic E-state index is 12.9. The van der Waals surface area contributed by atoms with E-state index in [1.165, 1.54) is 0 Å². The molecule has 156 valence electrons. The van der Waals surface area contributed by atoms with E-state index in [2.05, 4.69) is 10.6 Å². The molecule has 4 rings (SSSR count). The molecule has 1 saturated heterocycles. The van der Waals surface area contributed by atoms with Crippen LogP contribution in [0.4, 0.5) is 17.1 Å². The molecule has 1 aliphatic rings. The lowest BCUT2D eigenvalue weighted by Gasteiger charge is -2.17. The summed E-state index contributed by atoms with van der Waals surface area (Å²) in [7, 11) is 0. The summed E-state index contributed by atoms with van der Waals surface area (Å²) >= 11 is 5.88. The Labute approximate surface area is 184 Å². The molecule has 3 aromatic rings. The molecular weight excluding hydrogens is 414 g/mol. The summed E-state index contributed by atoms with van der Waals surface area (Å²) in [6.07, 6.45) is 0.125. The van der Waals surface area contributed by atoms with Crippen LogP contribution in [-0.2, 0) is 9.59 Å². The molecule has 1 heterocycles. The van der Waals surface area contributed by atoms with Gasteiger partial charge in [-0.15, -0.1) is 0 Å². The zero-order chi connectivity index (χ0) is 21.8. The number of hydrogen-bond acceptors (Lipinski definition) is 3. The highest BCUT2D eigenvalue weighted by molar-refractivity contribution is 6.30. The maximum atomic E-state index is 12.9. The highest BCUT2D eigenvalue weighted by Gasteiger charge is 2.35. The fourth-order valence-corrected chi connectivity index (χ4v) is 3.62. The molecule has 31 heavy (non-hydrogen) atoms. The summed E-state index contributed by atoms with van der Waals surface area (Å²) < 4.78 is 0. The molecule has 0 aliphatic carbocycles. The Morgan fingerprint density at radius 1 is 0.871 bits per heavy atom. The van der Waals surface area contributed by atoms with Gasteiger partial charge in [0, 0.05) is 29.4 Å². The predicted octanol–water partition coefficient (Wildman–Crippen LogP) is 4.58. The number of benzene rings is 3. The van der Waals surface area contributed by atoms with Crippen LogP contribution in [0.1, 0.15) is 16.8 Å². The van der Waals surface area contributed by atoms with E-state index < -0.39 is 5.92 Å². The van der Waals surface area contributed by atoms with E-state index in [1.54, 1.807) is 53.4 Å². The van der Waals surface area contributed by atoms with Crippen LogP contribution in [0, 0.1) is 5.92 Å². The molecule has 1 fully saturated rings. The minimum Gasteiger partial charge on any atom is -0.325 e. The van der Waals surface area contributed by atoms with Crippen molar-refractivity contribution in [1.82, 2.24) is 0 Å². The van der Waals surface area contributed by atoms with Crippen molar-refractivity contribution in [2.24, 2.45) is 5.92 Å². The first kappa shape index (κ1) is 20.6. The molecule has 2 N–H and O–H groups in total. The van der Waals surface area contributed by atoms with Crippen molar-refractivity contribution in [2.75, 3.05) is 22.1 Å². The Morgan fingerprint density at radius 2 is 1.55 bits per heavy atom. The summed E-state index contributed by atoms with van der Waals surface area (Å²) in [5.74, 6) is -1.25. The largest absolute Gasteiger partial charge is 0.325 e. The van der Waals surface area contributed by atoms with E-state index in [1.807, 2.05) is 30.3 Å². The lowest BCUT2D eigenvalue weighted by atomic mass is 10.1. The maximum Gasteiger partial charge on any atom is 0.257 e. The Balaban J connectivity index is 1.46. The smallest absolute Gasteiger partial charge is 0.257 e. The van der Waals surface area contributed by atoms with Gasteiger partial charge in [0.15, 0.2) is 0 Å². The third kappa shape index (κ3) is 4.75. The van der Waals surface area contributed by atoms with E-state index in [9.17, 15) is 14.4 Å². The number of amides is 3. The van der Waals surface area contributed by atoms with Gasteiger partial charge in [-0.2, -0.15) is 0 Å². The van der Waals surface area contributed by atoms with Crippen LogP contribution in [0.3, 0.4) is 0 Å². The van der Waals surface area contributed by atoms with Crippen molar-refractivity contribution in [3.63, 3.8) is 0 Å². The number of anilines is 3. The molecule has 6 nitrogen and oxygen atoms in total. The van der Waals surface area contributed by atoms with Crippen LogP contribution in [0.15, 0.2) is 78.9 Å². The van der Waals surface area contributed by atoms with Crippen LogP contribution in [0.25, 0.3) is 0 Å². The summed E-state index contributed by atoms with van der Waals surface area (Å²) in [6.45, 7) is 0.299. The van der Waals surface area contributed by atoms with Crippen LogP contribution >= 0.6 is 11.6 Å². The Bertz CT molecular complexity index is 1120. The molecule has 7 heteroatoms. The standard InChI is InChI=1S/C24H20ClN3O3/c25-17-10-12-18(13-11-17)26-24(31)20-8-4-5-9-21(20)27-23(30)16-14-22(29)28(15-16)19-6-2-1-3-7-19/h1-13,16H,14-15H2,(H,26,31)(H,27,30)/t16-/m1/s1. The van der Waals surface area contributed by atoms with Gasteiger partial charge in [-0.3, -0.25) is 14.4 Å². The lowest BCUT2D eigenvalue weighted by molar-refractivity contribution is -0.122. The summed E-state index contributed by atoms with van der Waals surface area (Å²) in [6, 6.07) is 22.8. The number of nitrogens with one attached hydrogen (secondary N) is 2. The van der Waals surface area contributed by atoms with Gasteiger partial charge in [-0.05, 0) is 48.5 Å². The van der Waals surface area contributed by atoms with E-state index >= 15 is 0 Å². The third-order valence-corrected chi connectivity index (χ3v) is 5.35. The van der Waals surface area contributed by atoms with Gasteiger partial charge in [-0.25, -0.2) is 0 Å². The van der Waals surface area contributed by atoms with Crippen molar-refractivity contribution in [3.8, 4) is 0 Å². The van der Waals surface area contributed by atoms with Crippen molar-refractivity contribution in [2.45, 2.75) is 6.42 Å². The van der Waals surface area contributed by atoms with Crippen LogP contribution < -0.4 is 15.5 Å². The van der Waals surface area contributed by atoms with Crippen LogP contribution in [0.5, 0.6) is 0 Å². The van der Waals surface area contributed by atoms with Gasteiger partial charge in [0.2, 0.25) is 11.8 Å². The van der Waals surface area contributed by atoms with Crippen LogP contribution in [-0.4, -0.2) is 24.3 Å². The molecule has 0 bridgehead atoms. The fourth-order valence-electron chi connectivity index (χ4n) is 3.50. The number of rotatable bonds is 5. The molecule has 0 unspecified atom stereocenters. The number of nitrogens with zero attached hydrogens (tertiary/aromatic N) is 1. The summed E-state index contributed by atoms with van der Waals surface area (Å²) in [5, 5.41) is 6.18. The number of halogens is 1. The average Bonchev–Trinajstić information content (AvgIpc) is 3.18. The van der Waals surface area contributed by atoms with Gasteiger partial charge in [0.1, 0.15) is 0 Å². The van der Waals surface area contributed by atoms with Crippen molar-refractivity contribution in [3.05, 3.63) is 89.4 Å². The first-order chi connectivity index (χ1) is 15.0. The van der Waals surface area contributed by atoms with Crippen molar-refractivity contribution >= 4 is 46.4 Å². The average molecular weight is 434 g/mol. The second kappa shape index (κ2) is 9.02. The Kier molecular flexibility index (Phi) is 6.00. The highest BCUT2D eigenvalue weighted by Crippen LogP contribution is 2.26. The van der Waals surface area contributed by atoms with Crippen molar-refractivity contribution in [1.29, 1.82) is 0 Å². The van der Waals surface area contributed by atoms with E-state index in [4.69, 9.17) is 11.6 Å². The lowest BCUT2D eigenvalue weighted by Crippen LogP contribution is -2.28. The van der Waals surface area contributed by atoms with Gasteiger partial charge in [0.25, 0.3) is 5.91 Å². The molecule has 0 saturated carbocycles. The summed E-state index contributed by atoms with van der Waals surface area (Å²) in [4.78, 5) is 39.7. The fraction of sp³-hybridized carbons (Fsp3) is 0.125. The van der Waals surface area contributed by atoms with E-state index in [0.717, 1.165) is 5.69 Å². The molecule has 0 aromatic heterocycles. The molecule has 1 atom stereocenters. The predicted molar refractivity (Wildman–Crippen MR) is 121 cm³/mol. The topological polar surface area (TPSA) is 78.5 Å². The molecule has 3 aromatic carbocycles. The zero-order valence-electron chi connectivity index (χ0n) is 16.5.